The zero-order valence-corrected chi connectivity index (χ0v) is 10.3. The van der Waals surface area contributed by atoms with Gasteiger partial charge in [0.1, 0.15) is 6.10 Å². The normalized spacial score (nSPS) is 23.1. The second-order valence-electron chi connectivity index (χ2n) is 4.08. The number of methoxy groups -OCH3 is 2. The molecule has 0 radical (unpaired) electrons. The molecule has 0 aliphatic carbocycles. The first kappa shape index (κ1) is 11.9. The molecule has 3 rings (SSSR count). The number of hydrogen-bond acceptors (Lipinski definition) is 6. The van der Waals surface area contributed by atoms with Gasteiger partial charge in [0.05, 0.1) is 14.2 Å². The maximum atomic E-state index is 10.9. The van der Waals surface area contributed by atoms with Crippen molar-refractivity contribution in [1.82, 2.24) is 0 Å². The van der Waals surface area contributed by atoms with Crippen molar-refractivity contribution in [1.29, 1.82) is 0 Å². The average molecular weight is 268 g/mol. The van der Waals surface area contributed by atoms with Crippen LogP contribution in [0.4, 0.5) is 0 Å². The lowest BCUT2D eigenvalue weighted by atomic mass is 10.1. The first-order valence-corrected chi connectivity index (χ1v) is 5.60. The van der Waals surface area contributed by atoms with Crippen LogP contribution in [0, 0.1) is 0 Å². The van der Waals surface area contributed by atoms with Crippen molar-refractivity contribution in [2.75, 3.05) is 21.0 Å². The summed E-state index contributed by atoms with van der Waals surface area (Å²) in [5.41, 5.74) is 0.580. The molecular weight excluding hydrogens is 256 g/mol. The monoisotopic (exact) mass is 268 g/mol. The van der Waals surface area contributed by atoms with Gasteiger partial charge in [0.2, 0.25) is 18.3 Å². The van der Waals surface area contributed by atoms with Crippen molar-refractivity contribution in [3.05, 3.63) is 11.6 Å². The number of rotatable bonds is 4. The van der Waals surface area contributed by atoms with Gasteiger partial charge in [0.25, 0.3) is 0 Å². The van der Waals surface area contributed by atoms with Gasteiger partial charge in [0.15, 0.2) is 17.6 Å². The van der Waals surface area contributed by atoms with Gasteiger partial charge in [-0.05, 0) is 6.07 Å². The molecule has 19 heavy (non-hydrogen) atoms. The summed E-state index contributed by atoms with van der Waals surface area (Å²) >= 11 is 0. The first-order valence-electron chi connectivity index (χ1n) is 5.60. The van der Waals surface area contributed by atoms with Gasteiger partial charge in [-0.3, -0.25) is 0 Å². The number of ether oxygens (including phenoxy) is 5. The number of carboxylic acids is 1. The highest BCUT2D eigenvalue weighted by Gasteiger charge is 2.49. The van der Waals surface area contributed by atoms with Crippen molar-refractivity contribution in [2.24, 2.45) is 0 Å². The van der Waals surface area contributed by atoms with E-state index in [1.54, 1.807) is 6.07 Å². The van der Waals surface area contributed by atoms with Crippen LogP contribution < -0.4 is 18.9 Å². The molecule has 1 saturated heterocycles. The second kappa shape index (κ2) is 4.20. The van der Waals surface area contributed by atoms with Crippen LogP contribution in [0.2, 0.25) is 0 Å². The topological polar surface area (TPSA) is 86.8 Å². The summed E-state index contributed by atoms with van der Waals surface area (Å²) in [6.45, 7) is 0.0895. The van der Waals surface area contributed by atoms with Crippen LogP contribution >= 0.6 is 0 Å². The fourth-order valence-corrected chi connectivity index (χ4v) is 2.16. The summed E-state index contributed by atoms with van der Waals surface area (Å²) in [5.74, 6) is 0.722. The predicted octanol–water partition coefficient (Wildman–Crippen LogP) is 0.957. The Morgan fingerprint density at radius 3 is 2.63 bits per heavy atom. The van der Waals surface area contributed by atoms with Crippen LogP contribution in [0.5, 0.6) is 23.0 Å². The van der Waals surface area contributed by atoms with E-state index in [1.165, 1.54) is 14.2 Å². The Hall–Kier alpha value is -2.15. The molecule has 1 aromatic carbocycles. The Labute approximate surface area is 108 Å². The number of epoxide rings is 1. The molecule has 0 bridgehead atoms. The molecule has 7 heteroatoms. The Morgan fingerprint density at radius 1 is 1.32 bits per heavy atom. The van der Waals surface area contributed by atoms with Crippen LogP contribution in [0.25, 0.3) is 0 Å². The van der Waals surface area contributed by atoms with Gasteiger partial charge in [-0.25, -0.2) is 4.79 Å². The van der Waals surface area contributed by atoms with Crippen molar-refractivity contribution < 1.29 is 33.6 Å². The molecule has 2 heterocycles. The largest absolute Gasteiger partial charge is 0.492 e. The third-order valence-electron chi connectivity index (χ3n) is 3.05. The highest BCUT2D eigenvalue weighted by Crippen LogP contribution is 2.54. The van der Waals surface area contributed by atoms with Crippen LogP contribution in [-0.4, -0.2) is 38.2 Å². The number of fused-ring (bicyclic) bond motifs is 1. The zero-order chi connectivity index (χ0) is 13.6. The van der Waals surface area contributed by atoms with E-state index in [2.05, 4.69) is 0 Å². The average Bonchev–Trinajstić information content (AvgIpc) is 3.07. The molecule has 7 nitrogen and oxygen atoms in total. The number of carbonyl (C=O) groups is 1. The summed E-state index contributed by atoms with van der Waals surface area (Å²) < 4.78 is 26.3. The van der Waals surface area contributed by atoms with Crippen LogP contribution in [0.3, 0.4) is 0 Å². The van der Waals surface area contributed by atoms with E-state index < -0.39 is 18.2 Å². The van der Waals surface area contributed by atoms with E-state index in [4.69, 9.17) is 28.8 Å². The van der Waals surface area contributed by atoms with Crippen LogP contribution in [-0.2, 0) is 9.53 Å². The Morgan fingerprint density at radius 2 is 2.05 bits per heavy atom. The number of benzene rings is 1. The van der Waals surface area contributed by atoms with E-state index in [-0.39, 0.29) is 6.79 Å². The molecule has 2 unspecified atom stereocenters. The molecule has 1 aromatic rings. The number of aliphatic carboxylic acids is 1. The fourth-order valence-electron chi connectivity index (χ4n) is 2.16. The SMILES string of the molecule is COc1c(C2OC2C(=O)O)cc2c(c1OC)OCO2. The lowest BCUT2D eigenvalue weighted by Crippen LogP contribution is -2.06. The summed E-state index contributed by atoms with van der Waals surface area (Å²) in [4.78, 5) is 10.9. The van der Waals surface area contributed by atoms with Crippen LogP contribution in [0.1, 0.15) is 11.7 Å². The van der Waals surface area contributed by atoms with Gasteiger partial charge in [-0.15, -0.1) is 0 Å². The summed E-state index contributed by atoms with van der Waals surface area (Å²) in [6.07, 6.45) is -1.42. The standard InChI is InChI=1S/C12H12O7/c1-15-7-5(8-11(19-8)12(13)14)3-6-9(10(7)16-2)18-4-17-6/h3,8,11H,4H2,1-2H3,(H,13,14). The predicted molar refractivity (Wildman–Crippen MR) is 60.9 cm³/mol. The molecule has 0 saturated carbocycles. The maximum Gasteiger partial charge on any atom is 0.335 e. The minimum atomic E-state index is -1.01. The Kier molecular flexibility index (Phi) is 2.63. The quantitative estimate of drug-likeness (QED) is 0.813. The Balaban J connectivity index is 2.07. The lowest BCUT2D eigenvalue weighted by Gasteiger charge is -2.13. The van der Waals surface area contributed by atoms with E-state index >= 15 is 0 Å². The third-order valence-corrected chi connectivity index (χ3v) is 3.05. The molecule has 2 aliphatic rings. The highest BCUT2D eigenvalue weighted by molar-refractivity contribution is 5.77. The van der Waals surface area contributed by atoms with E-state index in [1.807, 2.05) is 0 Å². The third kappa shape index (κ3) is 1.74. The highest BCUT2D eigenvalue weighted by atomic mass is 16.7. The fraction of sp³-hybridized carbons (Fsp3) is 0.417. The van der Waals surface area contributed by atoms with Crippen molar-refractivity contribution in [2.45, 2.75) is 12.2 Å². The van der Waals surface area contributed by atoms with Gasteiger partial charge >= 0.3 is 5.97 Å². The van der Waals surface area contributed by atoms with Crippen molar-refractivity contribution >= 4 is 5.97 Å². The first-order chi connectivity index (χ1) is 9.17. The van der Waals surface area contributed by atoms with Gasteiger partial charge in [-0.2, -0.15) is 0 Å². The molecule has 2 aliphatic heterocycles. The minimum Gasteiger partial charge on any atom is -0.492 e. The molecule has 0 aromatic heterocycles. The number of carboxylic acid groups (broad SMARTS) is 1. The number of hydrogen-bond donors (Lipinski definition) is 1. The lowest BCUT2D eigenvalue weighted by molar-refractivity contribution is -0.138. The maximum absolute atomic E-state index is 10.9. The summed E-state index contributed by atoms with van der Waals surface area (Å²) in [7, 11) is 2.95. The van der Waals surface area contributed by atoms with Gasteiger partial charge in [0, 0.05) is 5.56 Å². The second-order valence-corrected chi connectivity index (χ2v) is 4.08. The summed E-state index contributed by atoms with van der Waals surface area (Å²) in [6, 6.07) is 1.66. The molecule has 1 fully saturated rings. The molecule has 0 amide bonds. The van der Waals surface area contributed by atoms with Gasteiger partial charge < -0.3 is 28.8 Å². The molecule has 0 spiro atoms. The smallest absolute Gasteiger partial charge is 0.335 e. The molecule has 2 atom stereocenters. The van der Waals surface area contributed by atoms with Gasteiger partial charge in [-0.1, -0.05) is 0 Å². The van der Waals surface area contributed by atoms with E-state index in [0.29, 0.717) is 28.6 Å². The van der Waals surface area contributed by atoms with E-state index in [0.717, 1.165) is 0 Å². The van der Waals surface area contributed by atoms with E-state index in [9.17, 15) is 4.79 Å². The molecular formula is C12H12O7. The Bertz CT molecular complexity index is 539. The summed E-state index contributed by atoms with van der Waals surface area (Å²) in [5, 5.41) is 8.92. The van der Waals surface area contributed by atoms with Crippen LogP contribution in [0.15, 0.2) is 6.07 Å². The molecule has 1 N–H and O–H groups in total. The minimum absolute atomic E-state index is 0.0895. The van der Waals surface area contributed by atoms with Crippen molar-refractivity contribution in [3.8, 4) is 23.0 Å². The van der Waals surface area contributed by atoms with Crippen molar-refractivity contribution in [3.63, 3.8) is 0 Å². The molecule has 102 valence electrons. The zero-order valence-electron chi connectivity index (χ0n) is 10.3.